The Morgan fingerprint density at radius 2 is 1.04 bits per heavy atom. The number of anilines is 6. The fourth-order valence-electron chi connectivity index (χ4n) is 10.9. The van der Waals surface area contributed by atoms with E-state index in [1.54, 1.807) is 43.6 Å². The highest BCUT2D eigenvalue weighted by Crippen LogP contribution is 2.44. The molecule has 0 atom stereocenters. The number of aryl methyl sites for hydroxylation is 2. The fraction of sp³-hybridized carbons (Fsp3) is 0.324. The van der Waals surface area contributed by atoms with Crippen LogP contribution < -0.4 is 25.3 Å². The summed E-state index contributed by atoms with van der Waals surface area (Å²) in [6.45, 7) is 23.1. The van der Waals surface area contributed by atoms with Crippen molar-refractivity contribution >= 4 is 79.5 Å². The number of nitriles is 2. The zero-order valence-electron chi connectivity index (χ0n) is 52.5. The largest absolute Gasteiger partial charge is 0.475 e. The Kier molecular flexibility index (Phi) is 19.1. The first kappa shape index (κ1) is 64.9. The molecule has 2 saturated carbocycles. The van der Waals surface area contributed by atoms with Gasteiger partial charge in [0.05, 0.1) is 11.4 Å². The van der Waals surface area contributed by atoms with E-state index in [1.807, 2.05) is 88.7 Å². The lowest BCUT2D eigenvalue weighted by atomic mass is 9.91. The third kappa shape index (κ3) is 13.2. The predicted octanol–water partition coefficient (Wildman–Crippen LogP) is 12.7. The highest BCUT2D eigenvalue weighted by atomic mass is 32.1. The Labute approximate surface area is 552 Å². The van der Waals surface area contributed by atoms with E-state index in [2.05, 4.69) is 58.5 Å². The molecule has 22 nitrogen and oxygen atoms in total. The number of ketones is 1. The molecule has 2 aliphatic heterocycles. The number of nitrogens with two attached hydrogens (primary N) is 1. The van der Waals surface area contributed by atoms with Gasteiger partial charge in [0, 0.05) is 156 Å². The molecule has 4 aliphatic rings. The van der Waals surface area contributed by atoms with Crippen molar-refractivity contribution in [1.29, 1.82) is 10.5 Å². The molecule has 10 heterocycles. The Hall–Kier alpha value is -10.6. The number of thiazole rings is 2. The van der Waals surface area contributed by atoms with Crippen molar-refractivity contribution in [3.63, 3.8) is 0 Å². The van der Waals surface area contributed by atoms with Crippen molar-refractivity contribution in [2.45, 2.75) is 97.2 Å². The molecule has 94 heavy (non-hydrogen) atoms. The summed E-state index contributed by atoms with van der Waals surface area (Å²) in [7, 11) is 3.82. The lowest BCUT2D eigenvalue weighted by Gasteiger charge is -2.39. The summed E-state index contributed by atoms with van der Waals surface area (Å²) in [5, 5.41) is 29.2. The van der Waals surface area contributed by atoms with Gasteiger partial charge in [0.1, 0.15) is 67.8 Å². The molecule has 478 valence electrons. The van der Waals surface area contributed by atoms with Crippen molar-refractivity contribution in [2.24, 2.45) is 11.7 Å². The monoisotopic (exact) mass is 1300 g/mol. The predicted molar refractivity (Wildman–Crippen MR) is 360 cm³/mol. The Morgan fingerprint density at radius 1 is 0.660 bits per heavy atom. The number of carboxylic acids is 1. The quantitative estimate of drug-likeness (QED) is 0.0852. The third-order valence-corrected chi connectivity index (χ3v) is 18.6. The van der Waals surface area contributed by atoms with Gasteiger partial charge in [-0.05, 0) is 85.6 Å². The molecule has 14 rings (SSSR count). The molecule has 0 amide bonds. The molecule has 0 bridgehead atoms. The molecule has 8 aromatic heterocycles. The minimum atomic E-state index is -1.00. The maximum atomic E-state index is 13.5. The first-order chi connectivity index (χ1) is 45.4. The van der Waals surface area contributed by atoms with Crippen molar-refractivity contribution in [2.75, 3.05) is 59.9 Å². The van der Waals surface area contributed by atoms with Crippen LogP contribution >= 0.6 is 22.7 Å². The Morgan fingerprint density at radius 3 is 1.37 bits per heavy atom. The van der Waals surface area contributed by atoms with E-state index in [9.17, 15) is 28.9 Å². The molecular weight excluding hydrogens is 1230 g/mol. The molecule has 3 N–H and O–H groups in total. The van der Waals surface area contributed by atoms with Gasteiger partial charge < -0.3 is 35.3 Å². The van der Waals surface area contributed by atoms with Crippen LogP contribution in [-0.2, 0) is 22.4 Å². The van der Waals surface area contributed by atoms with Crippen molar-refractivity contribution in [1.82, 2.24) is 48.7 Å². The van der Waals surface area contributed by atoms with Gasteiger partial charge in [0.25, 0.3) is 5.54 Å². The fourth-order valence-corrected chi connectivity index (χ4v) is 12.6. The van der Waals surface area contributed by atoms with Crippen LogP contribution in [0.2, 0.25) is 0 Å². The van der Waals surface area contributed by atoms with E-state index < -0.39 is 17.0 Å². The van der Waals surface area contributed by atoms with Crippen LogP contribution in [-0.4, -0.2) is 123 Å². The van der Waals surface area contributed by atoms with Crippen LogP contribution in [0.5, 0.6) is 0 Å². The average molecular weight is 1300 g/mol. The highest BCUT2D eigenvalue weighted by Gasteiger charge is 2.59. The Bertz CT molecular complexity index is 4620. The molecule has 10 aromatic rings. The molecule has 26 heteroatoms. The zero-order chi connectivity index (χ0) is 66.6. The number of imidazole rings is 2. The molecular formula is C68H67F2N19O3S2. The second kappa shape index (κ2) is 27.7. The number of nitrogens with zero attached hydrogens (tertiary/aromatic N) is 18. The number of hydrogen-bond acceptors (Lipinski definition) is 19. The second-order valence-corrected chi connectivity index (χ2v) is 24.6. The SMILES string of the molecule is C.CCc1nc2ccc(-c3cnc(N4CC(N)C4)nc3)cn2c1N(C)c1nc(-c2ccc(F)cc2)c(C#N)s1.[2H]CC.[C-]#[N+]C1(C(=O)CC2CN(c3ncc(-c4ccc5nc(CC)c(N(C)c6nc(-c7ccc(F)cc7)c(C#N)s6)n5c4)cn3)C2)CC1.[C-]#[N+]C1(C(=O)O)CC1. The van der Waals surface area contributed by atoms with Gasteiger partial charge in [-0.1, -0.05) is 57.8 Å². The number of carbonyl (C=O) groups is 2. The van der Waals surface area contributed by atoms with Crippen LogP contribution in [0.3, 0.4) is 0 Å². The van der Waals surface area contributed by atoms with Crippen LogP contribution in [0.15, 0.2) is 110 Å². The molecule has 0 radical (unpaired) electrons. The van der Waals surface area contributed by atoms with Crippen LogP contribution in [0.25, 0.3) is 65.8 Å². The molecule has 4 fully saturated rings. The first-order valence-electron chi connectivity index (χ1n) is 30.7. The van der Waals surface area contributed by atoms with Crippen molar-refractivity contribution in [3.8, 4) is 56.9 Å². The van der Waals surface area contributed by atoms with Crippen molar-refractivity contribution in [3.05, 3.63) is 166 Å². The summed E-state index contributed by atoms with van der Waals surface area (Å²) in [4.78, 5) is 75.6. The maximum absolute atomic E-state index is 13.5. The first-order valence-corrected chi connectivity index (χ1v) is 31.6. The molecule has 2 aliphatic carbocycles. The number of aromatic nitrogens is 10. The second-order valence-electron chi connectivity index (χ2n) is 22.7. The summed E-state index contributed by atoms with van der Waals surface area (Å²) in [5.74, 6) is 1.68. The summed E-state index contributed by atoms with van der Waals surface area (Å²) in [6.07, 6.45) is 15.6. The lowest BCUT2D eigenvalue weighted by Crippen LogP contribution is -2.56. The molecule has 2 aromatic carbocycles. The minimum absolute atomic E-state index is 0. The smallest absolute Gasteiger partial charge is 0.390 e. The van der Waals surface area contributed by atoms with Gasteiger partial charge in [-0.3, -0.25) is 18.4 Å². The van der Waals surface area contributed by atoms with Gasteiger partial charge in [-0.2, -0.15) is 10.5 Å². The Balaban J connectivity index is 0.000000179. The van der Waals surface area contributed by atoms with Crippen LogP contribution in [0.4, 0.5) is 42.6 Å². The number of fused-ring (bicyclic) bond motifs is 2. The summed E-state index contributed by atoms with van der Waals surface area (Å²) in [5.41, 5.74) is 13.5. The highest BCUT2D eigenvalue weighted by molar-refractivity contribution is 7.17. The van der Waals surface area contributed by atoms with Gasteiger partial charge in [-0.15, -0.1) is 0 Å². The normalized spacial score (nSPS) is 14.8. The number of carbonyl (C=O) groups excluding carboxylic acids is 1. The lowest BCUT2D eigenvalue weighted by molar-refractivity contribution is -0.138. The van der Waals surface area contributed by atoms with Gasteiger partial charge in [-0.25, -0.2) is 66.6 Å². The van der Waals surface area contributed by atoms with E-state index in [-0.39, 0.29) is 36.8 Å². The van der Waals surface area contributed by atoms with E-state index in [4.69, 9.17) is 45.3 Å². The van der Waals surface area contributed by atoms with Gasteiger partial charge >= 0.3 is 11.5 Å². The van der Waals surface area contributed by atoms with Crippen molar-refractivity contribution < 1.29 is 24.8 Å². The number of benzene rings is 2. The van der Waals surface area contributed by atoms with Crippen LogP contribution in [0, 0.1) is 53.4 Å². The summed E-state index contributed by atoms with van der Waals surface area (Å²) >= 11 is 2.57. The molecule has 2 saturated heterocycles. The summed E-state index contributed by atoms with van der Waals surface area (Å²) < 4.78 is 37.2. The van der Waals surface area contributed by atoms with E-state index in [1.165, 1.54) is 46.9 Å². The maximum Gasteiger partial charge on any atom is 0.390 e. The third-order valence-electron chi connectivity index (χ3n) is 16.5. The topological polar surface area (TPSA) is 262 Å². The number of halogens is 2. The number of aliphatic carboxylic acids is 1. The van der Waals surface area contributed by atoms with E-state index >= 15 is 0 Å². The molecule has 0 spiro atoms. The average Bonchev–Trinajstić information content (AvgIpc) is 1.53. The number of hydrogen-bond donors (Lipinski definition) is 2. The number of rotatable bonds is 16. The molecule has 0 unspecified atom stereocenters. The number of carboxylic acid groups (broad SMARTS) is 1. The van der Waals surface area contributed by atoms with Gasteiger partial charge in [0.15, 0.2) is 10.3 Å². The summed E-state index contributed by atoms with van der Waals surface area (Å²) in [6, 6.07) is 24.6. The minimum Gasteiger partial charge on any atom is -0.475 e. The van der Waals surface area contributed by atoms with Crippen LogP contribution in [0.1, 0.15) is 89.7 Å². The zero-order valence-corrected chi connectivity index (χ0v) is 53.1. The number of pyridine rings is 2. The van der Waals surface area contributed by atoms with E-state index in [0.717, 1.165) is 69.7 Å². The van der Waals surface area contributed by atoms with Gasteiger partial charge in [0.2, 0.25) is 17.7 Å². The standard InChI is InChI=1S/C33H28FN9OS.C27H24FN9S.C5H5NO2.C2H6.CH4/c1-4-25-30(41(3)32-40-29(26(14-35)45-32)21-5-8-24(34)9-6-21)43-19-22(7-10-28(43)39-25)23-15-37-31(38-16-23)42-17-20(18-42)13-27(44)33(36-2)11-12-33;1-3-21-25(35(2)27-34-24(22(10-29)38-27)16-4-7-19(28)8-5-16)37-13-17(6-9-23(37)33-21)18-11-31-26(32-12-18)36-14-20(30)15-36;1-6-5(2-3-5)4(7)8;1-2;/h5-10,15-16,19-20H,4,11-13,17-18H2,1,3H3;4-9,11-13,20H,3,14-15,30H2,1-2H3;2-3H2,(H,7,8);1-2H3;1H4/i;;;1D;. The van der Waals surface area contributed by atoms with E-state index in [0.29, 0.717) is 119 Å². The number of Topliss-reactive ketones (excluding diaryl/α,β-unsaturated/α-hetero) is 1.